The molecular formula is C15H13BrClNO3. The van der Waals surface area contributed by atoms with Crippen molar-refractivity contribution in [3.05, 3.63) is 62.2 Å². The molecule has 4 nitrogen and oxygen atoms in total. The maximum atomic E-state index is 10.9. The van der Waals surface area contributed by atoms with Gasteiger partial charge in [-0.05, 0) is 43.2 Å². The average Bonchev–Trinajstić information content (AvgIpc) is 2.42. The van der Waals surface area contributed by atoms with Crippen LogP contribution in [0.25, 0.3) is 0 Å². The fourth-order valence-corrected chi connectivity index (χ4v) is 2.80. The zero-order valence-corrected chi connectivity index (χ0v) is 13.9. The summed E-state index contributed by atoms with van der Waals surface area (Å²) in [5.41, 5.74) is 2.32. The molecule has 0 spiro atoms. The molecule has 110 valence electrons. The number of alkyl halides is 1. The van der Waals surface area contributed by atoms with Crippen LogP contribution in [0.1, 0.15) is 16.7 Å². The fourth-order valence-electron chi connectivity index (χ4n) is 1.91. The molecule has 0 aliphatic carbocycles. The standard InChI is InChI=1S/C15H13BrClNO3/c1-9-6-15(10(2)5-14(9)18(19)20)21-12-4-3-11(8-16)13(17)7-12/h3-7H,8H2,1-2H3. The Hall–Kier alpha value is -1.59. The Kier molecular flexibility index (Phi) is 4.85. The molecule has 0 fully saturated rings. The number of nitro groups is 1. The van der Waals surface area contributed by atoms with Gasteiger partial charge in [0.2, 0.25) is 0 Å². The topological polar surface area (TPSA) is 52.4 Å². The van der Waals surface area contributed by atoms with Crippen molar-refractivity contribution in [3.63, 3.8) is 0 Å². The molecule has 0 heterocycles. The first-order chi connectivity index (χ1) is 9.92. The largest absolute Gasteiger partial charge is 0.457 e. The summed E-state index contributed by atoms with van der Waals surface area (Å²) in [7, 11) is 0. The lowest BCUT2D eigenvalue weighted by molar-refractivity contribution is -0.385. The summed E-state index contributed by atoms with van der Waals surface area (Å²) < 4.78 is 5.78. The van der Waals surface area contributed by atoms with Crippen molar-refractivity contribution in [2.45, 2.75) is 19.2 Å². The van der Waals surface area contributed by atoms with Gasteiger partial charge in [-0.1, -0.05) is 33.6 Å². The molecule has 0 bridgehead atoms. The van der Waals surface area contributed by atoms with E-state index < -0.39 is 4.92 Å². The molecule has 0 radical (unpaired) electrons. The van der Waals surface area contributed by atoms with Gasteiger partial charge in [0.15, 0.2) is 0 Å². The molecule has 0 aliphatic rings. The number of rotatable bonds is 4. The van der Waals surface area contributed by atoms with Gasteiger partial charge in [0, 0.05) is 22.0 Å². The Morgan fingerprint density at radius 2 is 1.95 bits per heavy atom. The molecule has 0 unspecified atom stereocenters. The SMILES string of the molecule is Cc1cc([N+](=O)[O-])c(C)cc1Oc1ccc(CBr)c(Cl)c1. The van der Waals surface area contributed by atoms with Gasteiger partial charge >= 0.3 is 0 Å². The quantitative estimate of drug-likeness (QED) is 0.402. The van der Waals surface area contributed by atoms with Gasteiger partial charge in [0.1, 0.15) is 11.5 Å². The second-order valence-electron chi connectivity index (χ2n) is 4.65. The highest BCUT2D eigenvalue weighted by Gasteiger charge is 2.14. The molecule has 0 amide bonds. The first-order valence-corrected chi connectivity index (χ1v) is 7.70. The monoisotopic (exact) mass is 369 g/mol. The second kappa shape index (κ2) is 6.45. The van der Waals surface area contributed by atoms with Crippen molar-refractivity contribution in [2.24, 2.45) is 0 Å². The molecule has 0 N–H and O–H groups in total. The second-order valence-corrected chi connectivity index (χ2v) is 5.62. The van der Waals surface area contributed by atoms with Gasteiger partial charge in [-0.15, -0.1) is 0 Å². The third-order valence-electron chi connectivity index (χ3n) is 3.09. The number of ether oxygens (including phenoxy) is 1. The number of hydrogen-bond donors (Lipinski definition) is 0. The van der Waals surface area contributed by atoms with Crippen LogP contribution < -0.4 is 4.74 Å². The summed E-state index contributed by atoms with van der Waals surface area (Å²) in [4.78, 5) is 10.5. The van der Waals surface area contributed by atoms with Crippen LogP contribution in [-0.4, -0.2) is 4.92 Å². The fraction of sp³-hybridized carbons (Fsp3) is 0.200. The van der Waals surface area contributed by atoms with Crippen molar-refractivity contribution >= 4 is 33.2 Å². The summed E-state index contributed by atoms with van der Waals surface area (Å²) >= 11 is 9.49. The Bertz CT molecular complexity index is 704. The lowest BCUT2D eigenvalue weighted by atomic mass is 10.1. The Balaban J connectivity index is 2.34. The van der Waals surface area contributed by atoms with Crippen molar-refractivity contribution in [2.75, 3.05) is 0 Å². The third-order valence-corrected chi connectivity index (χ3v) is 4.04. The molecular weight excluding hydrogens is 358 g/mol. The summed E-state index contributed by atoms with van der Waals surface area (Å²) in [6.07, 6.45) is 0. The van der Waals surface area contributed by atoms with Crippen molar-refractivity contribution in [3.8, 4) is 11.5 Å². The highest BCUT2D eigenvalue weighted by Crippen LogP contribution is 2.33. The van der Waals surface area contributed by atoms with Crippen LogP contribution in [0.5, 0.6) is 11.5 Å². The molecule has 2 aromatic carbocycles. The van der Waals surface area contributed by atoms with Gasteiger partial charge in [-0.25, -0.2) is 0 Å². The molecule has 21 heavy (non-hydrogen) atoms. The Labute approximate surface area is 136 Å². The number of aryl methyl sites for hydroxylation is 2. The normalized spacial score (nSPS) is 10.5. The lowest BCUT2D eigenvalue weighted by Crippen LogP contribution is -1.95. The predicted octanol–water partition coefficient (Wildman–Crippen LogP) is 5.55. The van der Waals surface area contributed by atoms with E-state index in [1.165, 1.54) is 6.07 Å². The number of hydrogen-bond acceptors (Lipinski definition) is 3. The van der Waals surface area contributed by atoms with Crippen molar-refractivity contribution in [1.82, 2.24) is 0 Å². The number of nitro benzene ring substituents is 1. The number of benzene rings is 2. The minimum absolute atomic E-state index is 0.0903. The predicted molar refractivity (Wildman–Crippen MR) is 86.7 cm³/mol. The molecule has 2 aromatic rings. The van der Waals surface area contributed by atoms with Crippen molar-refractivity contribution in [1.29, 1.82) is 0 Å². The van der Waals surface area contributed by atoms with E-state index in [4.69, 9.17) is 16.3 Å². The summed E-state index contributed by atoms with van der Waals surface area (Å²) in [6.45, 7) is 3.46. The zero-order valence-electron chi connectivity index (χ0n) is 11.5. The minimum Gasteiger partial charge on any atom is -0.457 e. The molecule has 2 rings (SSSR count). The summed E-state index contributed by atoms with van der Waals surface area (Å²) in [5, 5.41) is 12.2. The average molecular weight is 371 g/mol. The molecule has 6 heteroatoms. The molecule has 0 aliphatic heterocycles. The highest BCUT2D eigenvalue weighted by atomic mass is 79.9. The van der Waals surface area contributed by atoms with E-state index in [1.807, 2.05) is 12.1 Å². The van der Waals surface area contributed by atoms with Crippen LogP contribution in [-0.2, 0) is 5.33 Å². The lowest BCUT2D eigenvalue weighted by Gasteiger charge is -2.11. The van der Waals surface area contributed by atoms with Gasteiger partial charge in [-0.2, -0.15) is 0 Å². The van der Waals surface area contributed by atoms with Gasteiger partial charge in [0.05, 0.1) is 4.92 Å². The maximum absolute atomic E-state index is 10.9. The summed E-state index contributed by atoms with van der Waals surface area (Å²) in [5.74, 6) is 1.18. The van der Waals surface area contributed by atoms with Crippen molar-refractivity contribution < 1.29 is 9.66 Å². The number of nitrogens with zero attached hydrogens (tertiary/aromatic N) is 1. The van der Waals surface area contributed by atoms with E-state index in [2.05, 4.69) is 15.9 Å². The van der Waals surface area contributed by atoms with Crippen LogP contribution in [0.15, 0.2) is 30.3 Å². The van der Waals surface area contributed by atoms with Crippen LogP contribution in [0.2, 0.25) is 5.02 Å². The van der Waals surface area contributed by atoms with E-state index >= 15 is 0 Å². The van der Waals surface area contributed by atoms with Gasteiger partial charge in [0.25, 0.3) is 5.69 Å². The van der Waals surface area contributed by atoms with E-state index in [9.17, 15) is 10.1 Å². The van der Waals surface area contributed by atoms with Gasteiger partial charge < -0.3 is 4.74 Å². The van der Waals surface area contributed by atoms with E-state index in [0.717, 1.165) is 5.56 Å². The zero-order chi connectivity index (χ0) is 15.6. The number of halogens is 2. The highest BCUT2D eigenvalue weighted by molar-refractivity contribution is 9.08. The van der Waals surface area contributed by atoms with Crippen LogP contribution in [0.4, 0.5) is 5.69 Å². The third kappa shape index (κ3) is 3.54. The molecule has 0 saturated carbocycles. The summed E-state index contributed by atoms with van der Waals surface area (Å²) in [6, 6.07) is 8.60. The Morgan fingerprint density at radius 3 is 2.52 bits per heavy atom. The first-order valence-electron chi connectivity index (χ1n) is 6.20. The first kappa shape index (κ1) is 15.8. The molecule has 0 saturated heterocycles. The maximum Gasteiger partial charge on any atom is 0.272 e. The van der Waals surface area contributed by atoms with Crippen LogP contribution in [0, 0.1) is 24.0 Å². The van der Waals surface area contributed by atoms with Crippen LogP contribution in [0.3, 0.4) is 0 Å². The van der Waals surface area contributed by atoms with E-state index in [1.54, 1.807) is 26.0 Å². The van der Waals surface area contributed by atoms with E-state index in [-0.39, 0.29) is 5.69 Å². The van der Waals surface area contributed by atoms with Crippen LogP contribution >= 0.6 is 27.5 Å². The van der Waals surface area contributed by atoms with E-state index in [0.29, 0.717) is 33.0 Å². The molecule has 0 aromatic heterocycles. The minimum atomic E-state index is -0.395. The molecule has 0 atom stereocenters. The van der Waals surface area contributed by atoms with Gasteiger partial charge in [-0.3, -0.25) is 10.1 Å². The Morgan fingerprint density at radius 1 is 1.24 bits per heavy atom. The smallest absolute Gasteiger partial charge is 0.272 e.